The Labute approximate surface area is 112 Å². The molecule has 0 saturated carbocycles. The fourth-order valence-corrected chi connectivity index (χ4v) is 2.38. The minimum Gasteiger partial charge on any atom is -0.466 e. The lowest BCUT2D eigenvalue weighted by Crippen LogP contribution is -2.53. The average Bonchev–Trinajstić information content (AvgIpc) is 2.27. The topological polar surface area (TPSA) is 102 Å². The third kappa shape index (κ3) is 5.15. The lowest BCUT2D eigenvalue weighted by Gasteiger charge is -2.36. The smallest absolute Gasteiger partial charge is 0.314 e. The Kier molecular flexibility index (Phi) is 5.59. The molecule has 3 amide bonds. The number of ether oxygens (including phenoxy) is 1. The molecule has 0 aliphatic carbocycles. The molecule has 1 saturated heterocycles. The summed E-state index contributed by atoms with van der Waals surface area (Å²) in [6.45, 7) is 4.30. The number of carbonyl (C=O) groups excluding carboxylic acids is 3. The Bertz CT molecular complexity index is 359. The number of hydrogen-bond acceptors (Lipinski definition) is 4. The summed E-state index contributed by atoms with van der Waals surface area (Å²) in [5.74, 6) is -0.497. The minimum atomic E-state index is -0.538. The van der Waals surface area contributed by atoms with E-state index in [2.05, 4.69) is 5.32 Å². The van der Waals surface area contributed by atoms with Crippen LogP contribution < -0.4 is 11.1 Å². The van der Waals surface area contributed by atoms with Gasteiger partial charge in [0.2, 0.25) is 5.91 Å². The van der Waals surface area contributed by atoms with E-state index >= 15 is 0 Å². The van der Waals surface area contributed by atoms with E-state index in [0.29, 0.717) is 26.1 Å². The van der Waals surface area contributed by atoms with E-state index in [1.54, 1.807) is 6.92 Å². The highest BCUT2D eigenvalue weighted by Crippen LogP contribution is 2.20. The Hall–Kier alpha value is -1.79. The summed E-state index contributed by atoms with van der Waals surface area (Å²) in [5.41, 5.74) is 5.27. The van der Waals surface area contributed by atoms with E-state index in [-0.39, 0.29) is 30.3 Å². The van der Waals surface area contributed by atoms with Crippen molar-refractivity contribution in [2.24, 2.45) is 11.7 Å². The Balaban J connectivity index is 2.61. The minimum absolute atomic E-state index is 0.0443. The summed E-state index contributed by atoms with van der Waals surface area (Å²) in [4.78, 5) is 35.3. The van der Waals surface area contributed by atoms with Gasteiger partial charge in [0, 0.05) is 26.1 Å². The Morgan fingerprint density at radius 2 is 2.05 bits per heavy atom. The second kappa shape index (κ2) is 6.96. The second-order valence-corrected chi connectivity index (χ2v) is 4.75. The fraction of sp³-hybridized carbons (Fsp3) is 0.750. The van der Waals surface area contributed by atoms with Gasteiger partial charge in [-0.15, -0.1) is 0 Å². The van der Waals surface area contributed by atoms with Crippen molar-refractivity contribution >= 4 is 17.9 Å². The van der Waals surface area contributed by atoms with Crippen LogP contribution in [0, 0.1) is 5.92 Å². The van der Waals surface area contributed by atoms with E-state index in [1.807, 2.05) is 0 Å². The zero-order valence-electron chi connectivity index (χ0n) is 11.3. The average molecular weight is 271 g/mol. The third-order valence-corrected chi connectivity index (χ3v) is 3.02. The number of nitrogens with zero attached hydrogens (tertiary/aromatic N) is 1. The molecule has 0 bridgehead atoms. The molecule has 1 aliphatic heterocycles. The summed E-state index contributed by atoms with van der Waals surface area (Å²) < 4.78 is 4.90. The first-order valence-electron chi connectivity index (χ1n) is 6.39. The maximum atomic E-state index is 11.5. The van der Waals surface area contributed by atoms with Gasteiger partial charge in [-0.25, -0.2) is 4.79 Å². The molecule has 0 spiro atoms. The highest BCUT2D eigenvalue weighted by atomic mass is 16.5. The maximum Gasteiger partial charge on any atom is 0.314 e. The van der Waals surface area contributed by atoms with Gasteiger partial charge in [-0.2, -0.15) is 0 Å². The SMILES string of the molecule is CCOC(=O)CC1CC(NC(C)=O)CN(C(N)=O)C1. The summed E-state index contributed by atoms with van der Waals surface area (Å²) >= 11 is 0. The molecule has 19 heavy (non-hydrogen) atoms. The highest BCUT2D eigenvalue weighted by Gasteiger charge is 2.31. The van der Waals surface area contributed by atoms with Gasteiger partial charge >= 0.3 is 12.0 Å². The van der Waals surface area contributed by atoms with E-state index in [4.69, 9.17) is 10.5 Å². The Morgan fingerprint density at radius 3 is 2.58 bits per heavy atom. The van der Waals surface area contributed by atoms with Crippen molar-refractivity contribution in [1.29, 1.82) is 0 Å². The number of primary amides is 1. The van der Waals surface area contributed by atoms with E-state index in [0.717, 1.165) is 0 Å². The first-order chi connectivity index (χ1) is 8.92. The summed E-state index contributed by atoms with van der Waals surface area (Å²) in [5, 5.41) is 2.76. The van der Waals surface area contributed by atoms with Crippen LogP contribution in [0.15, 0.2) is 0 Å². The van der Waals surface area contributed by atoms with E-state index < -0.39 is 6.03 Å². The van der Waals surface area contributed by atoms with Gasteiger partial charge in [-0.3, -0.25) is 9.59 Å². The van der Waals surface area contributed by atoms with Gasteiger partial charge < -0.3 is 20.7 Å². The maximum absolute atomic E-state index is 11.5. The van der Waals surface area contributed by atoms with E-state index in [9.17, 15) is 14.4 Å². The molecule has 108 valence electrons. The molecule has 1 heterocycles. The van der Waals surface area contributed by atoms with Gasteiger partial charge in [0.15, 0.2) is 0 Å². The molecular formula is C12H21N3O4. The van der Waals surface area contributed by atoms with Crippen LogP contribution in [-0.4, -0.2) is 48.5 Å². The van der Waals surface area contributed by atoms with Crippen LogP contribution in [0.3, 0.4) is 0 Å². The molecule has 1 rings (SSSR count). The number of nitrogens with two attached hydrogens (primary N) is 1. The molecule has 7 nitrogen and oxygen atoms in total. The zero-order valence-corrected chi connectivity index (χ0v) is 11.3. The number of carbonyl (C=O) groups is 3. The third-order valence-electron chi connectivity index (χ3n) is 3.02. The molecule has 0 aromatic rings. The molecule has 2 unspecified atom stereocenters. The first kappa shape index (κ1) is 15.3. The van der Waals surface area contributed by atoms with Crippen molar-refractivity contribution in [3.8, 4) is 0 Å². The van der Waals surface area contributed by atoms with Crippen LogP contribution in [0.25, 0.3) is 0 Å². The lowest BCUT2D eigenvalue weighted by molar-refractivity contribution is -0.144. The van der Waals surface area contributed by atoms with Crippen LogP contribution in [-0.2, 0) is 14.3 Å². The quantitative estimate of drug-likeness (QED) is 0.694. The predicted molar refractivity (Wildman–Crippen MR) is 68.1 cm³/mol. The zero-order chi connectivity index (χ0) is 14.4. The molecule has 0 aromatic heterocycles. The largest absolute Gasteiger partial charge is 0.466 e. The summed E-state index contributed by atoms with van der Waals surface area (Å²) in [6.07, 6.45) is 0.871. The van der Waals surface area contributed by atoms with Gasteiger partial charge in [0.1, 0.15) is 0 Å². The number of rotatable bonds is 4. The molecule has 1 fully saturated rings. The van der Waals surface area contributed by atoms with Crippen molar-refractivity contribution in [2.75, 3.05) is 19.7 Å². The van der Waals surface area contributed by atoms with Gasteiger partial charge in [-0.1, -0.05) is 0 Å². The van der Waals surface area contributed by atoms with Crippen LogP contribution in [0.5, 0.6) is 0 Å². The number of esters is 1. The van der Waals surface area contributed by atoms with E-state index in [1.165, 1.54) is 11.8 Å². The number of likely N-dealkylation sites (tertiary alicyclic amines) is 1. The predicted octanol–water partition coefficient (Wildman–Crippen LogP) is -0.155. The van der Waals surface area contributed by atoms with Crippen molar-refractivity contribution in [3.63, 3.8) is 0 Å². The van der Waals surface area contributed by atoms with Gasteiger partial charge in [0.05, 0.1) is 13.0 Å². The Morgan fingerprint density at radius 1 is 1.37 bits per heavy atom. The number of nitrogens with one attached hydrogen (secondary N) is 1. The fourth-order valence-electron chi connectivity index (χ4n) is 2.38. The van der Waals surface area contributed by atoms with Crippen LogP contribution in [0.2, 0.25) is 0 Å². The molecule has 3 N–H and O–H groups in total. The molecule has 0 radical (unpaired) electrons. The van der Waals surface area contributed by atoms with Gasteiger partial charge in [-0.05, 0) is 19.3 Å². The standard InChI is InChI=1S/C12H21N3O4/c1-3-19-11(17)5-9-4-10(14-8(2)16)7-15(6-9)12(13)18/h9-10H,3-7H2,1-2H3,(H2,13,18)(H,14,16). The van der Waals surface area contributed by atoms with Crippen LogP contribution in [0.1, 0.15) is 26.7 Å². The molecule has 1 aliphatic rings. The number of hydrogen-bond donors (Lipinski definition) is 2. The number of urea groups is 1. The summed E-state index contributed by atoms with van der Waals surface area (Å²) in [6, 6.07) is -0.706. The van der Waals surface area contributed by atoms with Crippen molar-refractivity contribution < 1.29 is 19.1 Å². The number of piperidine rings is 1. The molecule has 0 aromatic carbocycles. The second-order valence-electron chi connectivity index (χ2n) is 4.75. The lowest BCUT2D eigenvalue weighted by atomic mass is 9.91. The number of amides is 3. The monoisotopic (exact) mass is 271 g/mol. The van der Waals surface area contributed by atoms with Gasteiger partial charge in [0.25, 0.3) is 0 Å². The summed E-state index contributed by atoms with van der Waals surface area (Å²) in [7, 11) is 0. The van der Waals surface area contributed by atoms with Crippen LogP contribution >= 0.6 is 0 Å². The first-order valence-corrected chi connectivity index (χ1v) is 6.39. The highest BCUT2D eigenvalue weighted by molar-refractivity contribution is 5.75. The van der Waals surface area contributed by atoms with Crippen molar-refractivity contribution in [1.82, 2.24) is 10.2 Å². The van der Waals surface area contributed by atoms with Crippen LogP contribution in [0.4, 0.5) is 4.79 Å². The van der Waals surface area contributed by atoms with Crippen molar-refractivity contribution in [2.45, 2.75) is 32.7 Å². The van der Waals surface area contributed by atoms with Crippen molar-refractivity contribution in [3.05, 3.63) is 0 Å². The normalized spacial score (nSPS) is 22.7. The molecule has 2 atom stereocenters. The molecular weight excluding hydrogens is 250 g/mol. The molecule has 7 heteroatoms.